The zero-order chi connectivity index (χ0) is 33.4. The molecule has 1 fully saturated rings. The van der Waals surface area contributed by atoms with Gasteiger partial charge in [-0.2, -0.15) is 26.3 Å². The van der Waals surface area contributed by atoms with Crippen molar-refractivity contribution >= 4 is 5.69 Å². The zero-order valence-electron chi connectivity index (χ0n) is 24.3. The summed E-state index contributed by atoms with van der Waals surface area (Å²) in [5.74, 6) is -2.91. The Hall–Kier alpha value is -4.51. The van der Waals surface area contributed by atoms with Gasteiger partial charge in [-0.3, -0.25) is 18.8 Å². The maximum absolute atomic E-state index is 14.9. The first-order valence-electron chi connectivity index (χ1n) is 14.0. The monoisotopic (exact) mass is 655 g/mol. The number of hydrogen-bond acceptors (Lipinski definition) is 8. The Morgan fingerprint density at radius 3 is 2.15 bits per heavy atom. The van der Waals surface area contributed by atoms with Crippen LogP contribution in [0.3, 0.4) is 0 Å². The Labute approximate surface area is 256 Å². The summed E-state index contributed by atoms with van der Waals surface area (Å²) in [5, 5.41) is 6.44. The third-order valence-electron chi connectivity index (χ3n) is 7.76. The molecule has 10 nitrogen and oxygen atoms in total. The molecule has 1 unspecified atom stereocenters. The highest BCUT2D eigenvalue weighted by Gasteiger charge is 2.38. The van der Waals surface area contributed by atoms with Gasteiger partial charge in [0.2, 0.25) is 5.89 Å². The van der Waals surface area contributed by atoms with E-state index in [0.717, 1.165) is 21.3 Å². The van der Waals surface area contributed by atoms with E-state index in [2.05, 4.69) is 10.2 Å². The summed E-state index contributed by atoms with van der Waals surface area (Å²) in [4.78, 5) is 31.0. The lowest BCUT2D eigenvalue weighted by Gasteiger charge is -2.36. The summed E-state index contributed by atoms with van der Waals surface area (Å²) in [6.07, 6.45) is -9.71. The zero-order valence-corrected chi connectivity index (χ0v) is 24.3. The average molecular weight is 656 g/mol. The summed E-state index contributed by atoms with van der Waals surface area (Å²) in [7, 11) is 0. The van der Waals surface area contributed by atoms with Gasteiger partial charge in [0, 0.05) is 43.5 Å². The molecule has 2 N–H and O–H groups in total. The number of anilines is 1. The Morgan fingerprint density at radius 1 is 0.870 bits per heavy atom. The van der Waals surface area contributed by atoms with Crippen molar-refractivity contribution in [1.82, 2.24) is 24.2 Å². The van der Waals surface area contributed by atoms with Crippen molar-refractivity contribution in [2.45, 2.75) is 45.0 Å². The van der Waals surface area contributed by atoms with E-state index in [-0.39, 0.29) is 56.5 Å². The fourth-order valence-electron chi connectivity index (χ4n) is 5.40. The fraction of sp³-hybridized carbons (Fsp3) is 0.379. The molecule has 2 aromatic heterocycles. The molecule has 4 aromatic rings. The second kappa shape index (κ2) is 12.7. The van der Waals surface area contributed by atoms with Gasteiger partial charge >= 0.3 is 23.9 Å². The second-order valence-electron chi connectivity index (χ2n) is 10.8. The van der Waals surface area contributed by atoms with Crippen LogP contribution >= 0.6 is 0 Å². The van der Waals surface area contributed by atoms with Crippen molar-refractivity contribution in [2.24, 2.45) is 5.73 Å². The summed E-state index contributed by atoms with van der Waals surface area (Å²) < 4.78 is 101. The van der Waals surface area contributed by atoms with E-state index >= 15 is 0 Å². The Kier molecular flexibility index (Phi) is 9.08. The smallest absolute Gasteiger partial charge is 0.416 e. The molecule has 0 amide bonds. The summed E-state index contributed by atoms with van der Waals surface area (Å²) in [6.45, 7) is 0.874. The van der Waals surface area contributed by atoms with E-state index in [1.54, 1.807) is 40.1 Å². The summed E-state index contributed by atoms with van der Waals surface area (Å²) in [6, 6.07) is 10.2. The number of piperazine rings is 1. The van der Waals surface area contributed by atoms with Crippen LogP contribution in [-0.4, -0.2) is 50.4 Å². The first-order valence-corrected chi connectivity index (χ1v) is 14.0. The van der Waals surface area contributed by atoms with Crippen LogP contribution in [0.1, 0.15) is 40.2 Å². The van der Waals surface area contributed by atoms with Gasteiger partial charge in [0.15, 0.2) is 0 Å². The van der Waals surface area contributed by atoms with Gasteiger partial charge in [0.1, 0.15) is 11.5 Å². The van der Waals surface area contributed by atoms with E-state index in [9.17, 15) is 40.3 Å². The van der Waals surface area contributed by atoms with E-state index in [4.69, 9.17) is 10.2 Å². The number of rotatable bonds is 8. The lowest BCUT2D eigenvalue weighted by Crippen LogP contribution is -2.51. The summed E-state index contributed by atoms with van der Waals surface area (Å²) in [5.41, 5.74) is 3.20. The van der Waals surface area contributed by atoms with Gasteiger partial charge in [-0.15, -0.1) is 10.2 Å². The molecule has 5 rings (SSSR count). The number of nitrogens with two attached hydrogens (primary N) is 1. The van der Waals surface area contributed by atoms with Crippen molar-refractivity contribution in [2.75, 3.05) is 31.1 Å². The van der Waals surface area contributed by atoms with Crippen molar-refractivity contribution in [3.8, 4) is 0 Å². The Bertz CT molecular complexity index is 1810. The third-order valence-corrected chi connectivity index (χ3v) is 7.76. The van der Waals surface area contributed by atoms with Gasteiger partial charge in [-0.25, -0.2) is 9.18 Å². The molecule has 0 spiro atoms. The molecule has 1 aliphatic rings. The van der Waals surface area contributed by atoms with Crippen LogP contribution in [0.4, 0.5) is 36.4 Å². The van der Waals surface area contributed by atoms with Crippen LogP contribution in [0.15, 0.2) is 62.5 Å². The van der Waals surface area contributed by atoms with Crippen LogP contribution in [0.25, 0.3) is 0 Å². The number of aromatic nitrogens is 4. The number of halogens is 7. The summed E-state index contributed by atoms with van der Waals surface area (Å²) >= 11 is 0. The molecule has 1 aliphatic heterocycles. The molecule has 0 saturated carbocycles. The molecule has 17 heteroatoms. The van der Waals surface area contributed by atoms with Gasteiger partial charge in [-0.1, -0.05) is 36.4 Å². The van der Waals surface area contributed by atoms with E-state index in [0.29, 0.717) is 11.6 Å². The topological polar surface area (TPSA) is 115 Å². The quantitative estimate of drug-likeness (QED) is 0.284. The van der Waals surface area contributed by atoms with E-state index < -0.39 is 59.0 Å². The first kappa shape index (κ1) is 32.9. The Balaban J connectivity index is 1.50. The number of nitrogens with zero attached hydrogens (tertiary/aromatic N) is 6. The van der Waals surface area contributed by atoms with Gasteiger partial charge in [0.25, 0.3) is 5.56 Å². The maximum atomic E-state index is 14.9. The van der Waals surface area contributed by atoms with Crippen molar-refractivity contribution in [3.63, 3.8) is 0 Å². The minimum Gasteiger partial charge on any atom is -0.416 e. The minimum absolute atomic E-state index is 0.00144. The highest BCUT2D eigenvalue weighted by Crippen LogP contribution is 2.34. The van der Waals surface area contributed by atoms with Crippen LogP contribution in [0, 0.1) is 12.7 Å². The van der Waals surface area contributed by atoms with Crippen LogP contribution in [-0.2, 0) is 32.0 Å². The standard InChI is InChI=1S/C29H28F7N7O3/c1-17-24(41-12-10-40(11-13-41)16-23-38-39-26(46-23)29(34,35)36)25(44)43(15-22(37)18-6-3-2-4-7-18)27(45)42(17)14-19-20(28(31,32)33)8-5-9-21(19)30/h2-9,22H,10-16,37H2,1H3. The molecule has 1 atom stereocenters. The number of alkyl halides is 6. The van der Waals surface area contributed by atoms with Crippen molar-refractivity contribution in [3.05, 3.63) is 109 Å². The van der Waals surface area contributed by atoms with Gasteiger partial charge in [0.05, 0.1) is 25.2 Å². The molecular formula is C29H28F7N7O3. The molecule has 46 heavy (non-hydrogen) atoms. The first-order chi connectivity index (χ1) is 21.6. The van der Waals surface area contributed by atoms with Gasteiger partial charge in [-0.05, 0) is 24.6 Å². The van der Waals surface area contributed by atoms with Crippen LogP contribution < -0.4 is 21.9 Å². The number of benzene rings is 2. The SMILES string of the molecule is Cc1c(N2CCN(Cc3nnc(C(F)(F)F)o3)CC2)c(=O)n(CC(N)c2ccccc2)c(=O)n1Cc1c(F)cccc1C(F)(F)F. The molecule has 0 radical (unpaired) electrons. The maximum Gasteiger partial charge on any atom is 0.470 e. The minimum atomic E-state index is -4.92. The molecule has 0 aliphatic carbocycles. The molecule has 1 saturated heterocycles. The van der Waals surface area contributed by atoms with Crippen LogP contribution in [0.5, 0.6) is 0 Å². The normalized spacial score (nSPS) is 15.4. The molecular weight excluding hydrogens is 627 g/mol. The molecule has 246 valence electrons. The van der Waals surface area contributed by atoms with E-state index in [1.165, 1.54) is 6.92 Å². The largest absolute Gasteiger partial charge is 0.470 e. The van der Waals surface area contributed by atoms with Crippen molar-refractivity contribution in [1.29, 1.82) is 0 Å². The molecule has 2 aromatic carbocycles. The lowest BCUT2D eigenvalue weighted by atomic mass is 10.1. The molecule has 3 heterocycles. The second-order valence-corrected chi connectivity index (χ2v) is 10.8. The average Bonchev–Trinajstić information content (AvgIpc) is 3.48. The predicted octanol–water partition coefficient (Wildman–Crippen LogP) is 3.95. The predicted molar refractivity (Wildman–Crippen MR) is 150 cm³/mol. The molecule has 0 bridgehead atoms. The number of hydrogen-bond donors (Lipinski definition) is 1. The fourth-order valence-corrected chi connectivity index (χ4v) is 5.40. The van der Waals surface area contributed by atoms with E-state index in [1.807, 2.05) is 0 Å². The lowest BCUT2D eigenvalue weighted by molar-refractivity contribution is -0.157. The Morgan fingerprint density at radius 2 is 1.54 bits per heavy atom. The van der Waals surface area contributed by atoms with Crippen LogP contribution in [0.2, 0.25) is 0 Å². The van der Waals surface area contributed by atoms with Gasteiger partial charge < -0.3 is 15.1 Å². The highest BCUT2D eigenvalue weighted by atomic mass is 19.4. The highest BCUT2D eigenvalue weighted by molar-refractivity contribution is 5.50. The third kappa shape index (κ3) is 6.84. The van der Waals surface area contributed by atoms with Crippen molar-refractivity contribution < 1.29 is 35.2 Å².